The first-order valence-corrected chi connectivity index (χ1v) is 8.75. The van der Waals surface area contributed by atoms with E-state index in [9.17, 15) is 4.79 Å². The second kappa shape index (κ2) is 6.40. The number of anilines is 2. The van der Waals surface area contributed by atoms with Crippen LogP contribution in [0.2, 0.25) is 0 Å². The molecule has 4 aromatic rings. The Kier molecular flexibility index (Phi) is 3.75. The highest BCUT2D eigenvalue weighted by atomic mass is 16.5. The summed E-state index contributed by atoms with van der Waals surface area (Å²) in [5.74, 6) is -0.207. The third kappa shape index (κ3) is 2.89. The molecule has 2 N–H and O–H groups in total. The van der Waals surface area contributed by atoms with Gasteiger partial charge in [-0.3, -0.25) is 4.79 Å². The molecule has 1 aliphatic heterocycles. The van der Waals surface area contributed by atoms with Crippen LogP contribution in [0.15, 0.2) is 47.1 Å². The molecule has 0 bridgehead atoms. The zero-order valence-electron chi connectivity index (χ0n) is 14.4. The van der Waals surface area contributed by atoms with Gasteiger partial charge in [-0.2, -0.15) is 4.98 Å². The maximum atomic E-state index is 12.7. The number of pyridine rings is 1. The van der Waals surface area contributed by atoms with Gasteiger partial charge in [0.05, 0.1) is 18.8 Å². The fraction of sp³-hybridized carbons (Fsp3) is 0.211. The summed E-state index contributed by atoms with van der Waals surface area (Å²) in [6.07, 6.45) is 3.35. The van der Waals surface area contributed by atoms with Crippen molar-refractivity contribution >= 4 is 39.7 Å². The SMILES string of the molecule is O=C(Nc1ccc2nc(N3CCOCC3)oc2c1)c1c[nH]c2ncccc12. The Hall–Kier alpha value is -3.39. The van der Waals surface area contributed by atoms with E-state index in [0.717, 1.165) is 24.0 Å². The van der Waals surface area contributed by atoms with Crippen LogP contribution in [0, 0.1) is 0 Å². The minimum atomic E-state index is -0.207. The van der Waals surface area contributed by atoms with Crippen LogP contribution in [0.5, 0.6) is 0 Å². The molecule has 4 heterocycles. The van der Waals surface area contributed by atoms with Crippen LogP contribution in [0.25, 0.3) is 22.1 Å². The molecule has 0 saturated carbocycles. The van der Waals surface area contributed by atoms with Gasteiger partial charge >= 0.3 is 0 Å². The molecule has 1 fully saturated rings. The van der Waals surface area contributed by atoms with Crippen molar-refractivity contribution in [2.75, 3.05) is 36.5 Å². The second-order valence-electron chi connectivity index (χ2n) is 6.33. The number of carbonyl (C=O) groups excluding carboxylic acids is 1. The summed E-state index contributed by atoms with van der Waals surface area (Å²) in [7, 11) is 0. The fourth-order valence-corrected chi connectivity index (χ4v) is 3.22. The number of aromatic amines is 1. The van der Waals surface area contributed by atoms with Gasteiger partial charge in [-0.1, -0.05) is 0 Å². The molecule has 8 nitrogen and oxygen atoms in total. The number of amides is 1. The van der Waals surface area contributed by atoms with Gasteiger partial charge in [0.1, 0.15) is 11.2 Å². The van der Waals surface area contributed by atoms with E-state index < -0.39 is 0 Å². The van der Waals surface area contributed by atoms with Crippen molar-refractivity contribution in [1.29, 1.82) is 0 Å². The first-order valence-electron chi connectivity index (χ1n) is 8.75. The van der Waals surface area contributed by atoms with E-state index in [1.165, 1.54) is 0 Å². The number of nitrogens with one attached hydrogen (secondary N) is 2. The number of carbonyl (C=O) groups is 1. The van der Waals surface area contributed by atoms with Gasteiger partial charge in [0.2, 0.25) is 0 Å². The second-order valence-corrected chi connectivity index (χ2v) is 6.33. The van der Waals surface area contributed by atoms with Crippen molar-refractivity contribution in [3.05, 3.63) is 48.3 Å². The van der Waals surface area contributed by atoms with E-state index in [1.807, 2.05) is 18.2 Å². The van der Waals surface area contributed by atoms with E-state index in [1.54, 1.807) is 24.5 Å². The van der Waals surface area contributed by atoms with Crippen molar-refractivity contribution in [2.45, 2.75) is 0 Å². The molecule has 1 saturated heterocycles. The van der Waals surface area contributed by atoms with Gasteiger partial charge in [-0.25, -0.2) is 4.98 Å². The van der Waals surface area contributed by atoms with Crippen molar-refractivity contribution in [2.24, 2.45) is 0 Å². The zero-order chi connectivity index (χ0) is 18.2. The highest BCUT2D eigenvalue weighted by Crippen LogP contribution is 2.26. The summed E-state index contributed by atoms with van der Waals surface area (Å²) in [6, 6.07) is 9.70. The number of H-pyrrole nitrogens is 1. The number of oxazole rings is 1. The molecular formula is C19H17N5O3. The third-order valence-corrected chi connectivity index (χ3v) is 4.61. The molecule has 1 aliphatic rings. The van der Waals surface area contributed by atoms with Crippen LogP contribution in [0.3, 0.4) is 0 Å². The molecule has 8 heteroatoms. The van der Waals surface area contributed by atoms with Crippen LogP contribution >= 0.6 is 0 Å². The Balaban J connectivity index is 1.40. The van der Waals surface area contributed by atoms with E-state index in [2.05, 4.69) is 25.2 Å². The van der Waals surface area contributed by atoms with Gasteiger partial charge in [0.15, 0.2) is 5.58 Å². The first kappa shape index (κ1) is 15.8. The first-order chi connectivity index (χ1) is 13.3. The van der Waals surface area contributed by atoms with Gasteiger partial charge in [0, 0.05) is 42.6 Å². The van der Waals surface area contributed by atoms with Crippen LogP contribution < -0.4 is 10.2 Å². The van der Waals surface area contributed by atoms with Gasteiger partial charge in [0.25, 0.3) is 11.9 Å². The monoisotopic (exact) mass is 363 g/mol. The lowest BCUT2D eigenvalue weighted by Gasteiger charge is -2.24. The van der Waals surface area contributed by atoms with Crippen molar-refractivity contribution in [1.82, 2.24) is 15.0 Å². The summed E-state index contributed by atoms with van der Waals surface area (Å²) in [5.41, 5.74) is 3.27. The normalized spacial score (nSPS) is 14.7. The van der Waals surface area contributed by atoms with E-state index in [4.69, 9.17) is 9.15 Å². The number of fused-ring (bicyclic) bond motifs is 2. The number of nitrogens with zero attached hydrogens (tertiary/aromatic N) is 3. The molecule has 3 aromatic heterocycles. The Morgan fingerprint density at radius 3 is 3.00 bits per heavy atom. The van der Waals surface area contributed by atoms with E-state index in [0.29, 0.717) is 41.7 Å². The fourth-order valence-electron chi connectivity index (χ4n) is 3.22. The minimum Gasteiger partial charge on any atom is -0.423 e. The van der Waals surface area contributed by atoms with Crippen molar-refractivity contribution in [3.63, 3.8) is 0 Å². The lowest BCUT2D eigenvalue weighted by atomic mass is 10.2. The van der Waals surface area contributed by atoms with Crippen molar-refractivity contribution in [3.8, 4) is 0 Å². The Morgan fingerprint density at radius 1 is 1.22 bits per heavy atom. The zero-order valence-corrected chi connectivity index (χ0v) is 14.4. The number of hydrogen-bond donors (Lipinski definition) is 2. The van der Waals surface area contributed by atoms with Gasteiger partial charge in [-0.15, -0.1) is 0 Å². The molecule has 0 unspecified atom stereocenters. The van der Waals surface area contributed by atoms with Crippen LogP contribution in [-0.4, -0.2) is 47.2 Å². The Labute approximate surface area is 154 Å². The molecule has 0 aliphatic carbocycles. The molecule has 5 rings (SSSR count). The summed E-state index contributed by atoms with van der Waals surface area (Å²) in [4.78, 5) is 26.4. The third-order valence-electron chi connectivity index (χ3n) is 4.61. The van der Waals surface area contributed by atoms with Crippen molar-refractivity contribution < 1.29 is 13.9 Å². The van der Waals surface area contributed by atoms with Gasteiger partial charge < -0.3 is 24.4 Å². The molecule has 27 heavy (non-hydrogen) atoms. The summed E-state index contributed by atoms with van der Waals surface area (Å²) >= 11 is 0. The molecule has 0 spiro atoms. The highest BCUT2D eigenvalue weighted by molar-refractivity contribution is 6.12. The average Bonchev–Trinajstić information content (AvgIpc) is 3.32. The Morgan fingerprint density at radius 2 is 2.11 bits per heavy atom. The number of morpholine rings is 1. The highest BCUT2D eigenvalue weighted by Gasteiger charge is 2.18. The van der Waals surface area contributed by atoms with E-state index >= 15 is 0 Å². The predicted molar refractivity (Wildman–Crippen MR) is 101 cm³/mol. The topological polar surface area (TPSA) is 96.3 Å². The minimum absolute atomic E-state index is 0.207. The summed E-state index contributed by atoms with van der Waals surface area (Å²) < 4.78 is 11.2. The number of ether oxygens (including phenoxy) is 1. The number of rotatable bonds is 3. The Bertz CT molecular complexity index is 1130. The molecule has 136 valence electrons. The largest absolute Gasteiger partial charge is 0.423 e. The number of hydrogen-bond acceptors (Lipinski definition) is 6. The lowest BCUT2D eigenvalue weighted by molar-refractivity contribution is 0.102. The van der Waals surface area contributed by atoms with Crippen LogP contribution in [0.4, 0.5) is 11.7 Å². The quantitative estimate of drug-likeness (QED) is 0.581. The predicted octanol–water partition coefficient (Wildman–Crippen LogP) is 2.79. The molecule has 1 aromatic carbocycles. The van der Waals surface area contributed by atoms with Gasteiger partial charge in [-0.05, 0) is 24.3 Å². The number of benzene rings is 1. The van der Waals surface area contributed by atoms with Crippen LogP contribution in [0.1, 0.15) is 10.4 Å². The summed E-state index contributed by atoms with van der Waals surface area (Å²) in [5, 5.41) is 3.69. The maximum Gasteiger partial charge on any atom is 0.298 e. The number of aromatic nitrogens is 3. The standard InChI is InChI=1S/C19H17N5O3/c25-18(14-11-21-17-13(14)2-1-5-20-17)22-12-3-4-15-16(10-12)27-19(23-15)24-6-8-26-9-7-24/h1-5,10-11H,6-9H2,(H,20,21)(H,22,25). The molecule has 0 radical (unpaired) electrons. The summed E-state index contributed by atoms with van der Waals surface area (Å²) in [6.45, 7) is 2.84. The van der Waals surface area contributed by atoms with Crippen LogP contribution in [-0.2, 0) is 4.74 Å². The maximum absolute atomic E-state index is 12.7. The van der Waals surface area contributed by atoms with E-state index in [-0.39, 0.29) is 5.91 Å². The smallest absolute Gasteiger partial charge is 0.298 e. The molecule has 1 amide bonds. The lowest BCUT2D eigenvalue weighted by Crippen LogP contribution is -2.36. The molecule has 0 atom stereocenters. The molecular weight excluding hydrogens is 346 g/mol. The average molecular weight is 363 g/mol.